The van der Waals surface area contributed by atoms with Crippen molar-refractivity contribution in [2.24, 2.45) is 5.41 Å². The number of carbonyl (C=O) groups is 1. The highest BCUT2D eigenvalue weighted by Crippen LogP contribution is 2.38. The van der Waals surface area contributed by atoms with E-state index in [1.54, 1.807) is 0 Å². The third-order valence-corrected chi connectivity index (χ3v) is 3.79. The number of methoxy groups -OCH3 is 1. The summed E-state index contributed by atoms with van der Waals surface area (Å²) in [4.78, 5) is 19.4. The number of halogens is 1. The van der Waals surface area contributed by atoms with E-state index in [0.29, 0.717) is 30.2 Å². The van der Waals surface area contributed by atoms with Gasteiger partial charge in [0.15, 0.2) is 5.82 Å². The van der Waals surface area contributed by atoms with Crippen molar-refractivity contribution in [3.05, 3.63) is 11.2 Å². The van der Waals surface area contributed by atoms with Crippen LogP contribution in [0.5, 0.6) is 6.01 Å². The lowest BCUT2D eigenvalue weighted by Crippen LogP contribution is -2.35. The summed E-state index contributed by atoms with van der Waals surface area (Å²) in [7, 11) is 1.46. The molecular weight excluding hydrogens is 270 g/mol. The van der Waals surface area contributed by atoms with Crippen molar-refractivity contribution in [1.82, 2.24) is 9.97 Å². The molecule has 0 aromatic carbocycles. The Bertz CT molecular complexity index is 475. The number of aliphatic carboxylic acids is 1. The second-order valence-electron chi connectivity index (χ2n) is 4.70. The number of carboxylic acid groups (broad SMARTS) is 1. The summed E-state index contributed by atoms with van der Waals surface area (Å²) in [5.74, 6) is -0.365. The largest absolute Gasteiger partial charge is 0.481 e. The smallest absolute Gasteiger partial charge is 0.318 e. The molecule has 7 heteroatoms. The first-order valence-corrected chi connectivity index (χ1v) is 6.49. The van der Waals surface area contributed by atoms with Crippen LogP contribution in [-0.4, -0.2) is 34.7 Å². The summed E-state index contributed by atoms with van der Waals surface area (Å²) in [6, 6.07) is 0.197. The lowest BCUT2D eigenvalue weighted by Gasteiger charge is -2.24. The molecule has 0 amide bonds. The van der Waals surface area contributed by atoms with Crippen LogP contribution >= 0.6 is 11.6 Å². The predicted molar refractivity (Wildman–Crippen MR) is 70.6 cm³/mol. The molecule has 0 saturated heterocycles. The number of rotatable bonds is 5. The number of hydrogen-bond donors (Lipinski definition) is 2. The highest BCUT2D eigenvalue weighted by molar-refractivity contribution is 6.32. The number of hydrogen-bond acceptors (Lipinski definition) is 5. The van der Waals surface area contributed by atoms with Crippen molar-refractivity contribution < 1.29 is 14.6 Å². The fraction of sp³-hybridized carbons (Fsp3) is 0.583. The van der Waals surface area contributed by atoms with E-state index in [1.807, 2.05) is 0 Å². The van der Waals surface area contributed by atoms with E-state index in [4.69, 9.17) is 16.3 Å². The van der Waals surface area contributed by atoms with E-state index in [2.05, 4.69) is 15.3 Å². The average molecular weight is 286 g/mol. The molecule has 0 radical (unpaired) electrons. The van der Waals surface area contributed by atoms with Crippen molar-refractivity contribution in [2.75, 3.05) is 19.0 Å². The first kappa shape index (κ1) is 13.9. The first-order valence-electron chi connectivity index (χ1n) is 6.11. The molecule has 19 heavy (non-hydrogen) atoms. The number of carboxylic acids is 1. The van der Waals surface area contributed by atoms with Crippen molar-refractivity contribution in [1.29, 1.82) is 0 Å². The van der Waals surface area contributed by atoms with E-state index in [9.17, 15) is 9.90 Å². The fourth-order valence-electron chi connectivity index (χ4n) is 2.34. The Morgan fingerprint density at radius 1 is 1.58 bits per heavy atom. The maximum atomic E-state index is 11.4. The summed E-state index contributed by atoms with van der Waals surface area (Å²) < 4.78 is 4.92. The summed E-state index contributed by atoms with van der Waals surface area (Å²) in [6.07, 6.45) is 4.66. The van der Waals surface area contributed by atoms with E-state index in [1.165, 1.54) is 13.3 Å². The molecule has 2 N–H and O–H groups in total. The normalized spacial score (nSPS) is 17.2. The van der Waals surface area contributed by atoms with Crippen molar-refractivity contribution in [3.63, 3.8) is 0 Å². The molecule has 1 fully saturated rings. The van der Waals surface area contributed by atoms with Gasteiger partial charge in [-0.15, -0.1) is 0 Å². The predicted octanol–water partition coefficient (Wildman–Crippen LogP) is 2.20. The highest BCUT2D eigenvalue weighted by Gasteiger charge is 2.41. The van der Waals surface area contributed by atoms with Gasteiger partial charge in [-0.3, -0.25) is 4.79 Å². The topological polar surface area (TPSA) is 84.3 Å². The fourth-order valence-corrected chi connectivity index (χ4v) is 2.50. The van der Waals surface area contributed by atoms with E-state index in [-0.39, 0.29) is 6.01 Å². The Kier molecular flexibility index (Phi) is 4.09. The maximum Gasteiger partial charge on any atom is 0.318 e. The lowest BCUT2D eigenvalue weighted by molar-refractivity contribution is -0.147. The van der Waals surface area contributed by atoms with Gasteiger partial charge in [-0.05, 0) is 12.8 Å². The summed E-state index contributed by atoms with van der Waals surface area (Å²) >= 11 is 5.97. The molecule has 1 aromatic heterocycles. The zero-order valence-corrected chi connectivity index (χ0v) is 11.4. The molecule has 1 aromatic rings. The third kappa shape index (κ3) is 2.89. The van der Waals surface area contributed by atoms with Gasteiger partial charge in [-0.2, -0.15) is 4.98 Å². The zero-order chi connectivity index (χ0) is 13.9. The van der Waals surface area contributed by atoms with Crippen LogP contribution in [0.3, 0.4) is 0 Å². The molecule has 0 bridgehead atoms. The third-order valence-electron chi connectivity index (χ3n) is 3.51. The van der Waals surface area contributed by atoms with Gasteiger partial charge in [-0.25, -0.2) is 4.98 Å². The number of nitrogens with zero attached hydrogens (tertiary/aromatic N) is 2. The monoisotopic (exact) mass is 285 g/mol. The van der Waals surface area contributed by atoms with E-state index in [0.717, 1.165) is 12.8 Å². The van der Waals surface area contributed by atoms with Gasteiger partial charge in [0.05, 0.1) is 18.7 Å². The van der Waals surface area contributed by atoms with Crippen LogP contribution in [0, 0.1) is 5.41 Å². The molecule has 0 aliphatic heterocycles. The van der Waals surface area contributed by atoms with Crippen LogP contribution in [-0.2, 0) is 4.79 Å². The van der Waals surface area contributed by atoms with Crippen LogP contribution in [0.4, 0.5) is 5.82 Å². The van der Waals surface area contributed by atoms with Crippen molar-refractivity contribution in [2.45, 2.75) is 25.7 Å². The standard InChI is InChI=1S/C12H16ClN3O3/c1-19-11-14-6-8(13)9(16-11)15-7-12(10(17)18)4-2-3-5-12/h6H,2-5,7H2,1H3,(H,17,18)(H,14,15,16). The molecule has 0 spiro atoms. The van der Waals surface area contributed by atoms with Gasteiger partial charge in [0, 0.05) is 6.54 Å². The maximum absolute atomic E-state index is 11.4. The molecule has 1 heterocycles. The molecule has 104 valence electrons. The molecule has 6 nitrogen and oxygen atoms in total. The molecule has 2 rings (SSSR count). The van der Waals surface area contributed by atoms with Crippen molar-refractivity contribution in [3.8, 4) is 6.01 Å². The van der Waals surface area contributed by atoms with Crippen LogP contribution in [0.25, 0.3) is 0 Å². The van der Waals surface area contributed by atoms with Gasteiger partial charge in [-0.1, -0.05) is 24.4 Å². The lowest BCUT2D eigenvalue weighted by atomic mass is 9.86. The minimum Gasteiger partial charge on any atom is -0.481 e. The molecule has 1 aliphatic carbocycles. The van der Waals surface area contributed by atoms with Crippen LogP contribution in [0.15, 0.2) is 6.20 Å². The molecule has 1 saturated carbocycles. The number of anilines is 1. The summed E-state index contributed by atoms with van der Waals surface area (Å²) in [6.45, 7) is 0.308. The minimum absolute atomic E-state index is 0.197. The summed E-state index contributed by atoms with van der Waals surface area (Å²) in [5.41, 5.74) is -0.721. The molecule has 1 aliphatic rings. The molecule has 0 unspecified atom stereocenters. The zero-order valence-electron chi connectivity index (χ0n) is 10.6. The Morgan fingerprint density at radius 3 is 2.84 bits per heavy atom. The van der Waals surface area contributed by atoms with Crippen LogP contribution in [0.2, 0.25) is 5.02 Å². The average Bonchev–Trinajstić information content (AvgIpc) is 2.88. The van der Waals surface area contributed by atoms with Gasteiger partial charge < -0.3 is 15.2 Å². The number of aromatic nitrogens is 2. The number of nitrogens with one attached hydrogen (secondary N) is 1. The second-order valence-corrected chi connectivity index (χ2v) is 5.11. The van der Waals surface area contributed by atoms with Crippen LogP contribution in [0.1, 0.15) is 25.7 Å². The van der Waals surface area contributed by atoms with Crippen LogP contribution < -0.4 is 10.1 Å². The Morgan fingerprint density at radius 2 is 2.26 bits per heavy atom. The van der Waals surface area contributed by atoms with E-state index < -0.39 is 11.4 Å². The SMILES string of the molecule is COc1ncc(Cl)c(NCC2(C(=O)O)CCCC2)n1. The molecular formula is C12H16ClN3O3. The van der Waals surface area contributed by atoms with E-state index >= 15 is 0 Å². The van der Waals surface area contributed by atoms with Gasteiger partial charge in [0.2, 0.25) is 0 Å². The number of ether oxygens (including phenoxy) is 1. The minimum atomic E-state index is -0.769. The Hall–Kier alpha value is -1.56. The van der Waals surface area contributed by atoms with Crippen molar-refractivity contribution >= 4 is 23.4 Å². The molecule has 0 atom stereocenters. The quantitative estimate of drug-likeness (QED) is 0.863. The first-order chi connectivity index (χ1) is 9.07. The van der Waals surface area contributed by atoms with Gasteiger partial charge in [0.1, 0.15) is 5.02 Å². The highest BCUT2D eigenvalue weighted by atomic mass is 35.5. The van der Waals surface area contributed by atoms with Gasteiger partial charge in [0.25, 0.3) is 0 Å². The van der Waals surface area contributed by atoms with Gasteiger partial charge >= 0.3 is 12.0 Å². The Balaban J connectivity index is 2.11. The summed E-state index contributed by atoms with van der Waals surface area (Å²) in [5, 5.41) is 12.7. The Labute approximate surface area is 116 Å². The second kappa shape index (κ2) is 5.61.